The van der Waals surface area contributed by atoms with Gasteiger partial charge in [-0.1, -0.05) is 122 Å². The summed E-state index contributed by atoms with van der Waals surface area (Å²) in [6.07, 6.45) is 12.4. The van der Waals surface area contributed by atoms with Crippen molar-refractivity contribution in [3.63, 3.8) is 0 Å². The molecule has 0 bridgehead atoms. The van der Waals surface area contributed by atoms with Gasteiger partial charge in [-0.15, -0.1) is 0 Å². The summed E-state index contributed by atoms with van der Waals surface area (Å²) in [4.78, 5) is 0. The lowest BCUT2D eigenvalue weighted by Crippen LogP contribution is -2.43. The van der Waals surface area contributed by atoms with Crippen LogP contribution in [-0.2, 0) is 0 Å². The van der Waals surface area contributed by atoms with E-state index >= 15 is 0 Å². The summed E-state index contributed by atoms with van der Waals surface area (Å²) in [5.74, 6) is 6.69. The van der Waals surface area contributed by atoms with Gasteiger partial charge >= 0.3 is 0 Å². The standard InChI is InChI=1S/C30H62/c1-13-18-28(24(9)22(6)7)21-29(19-14-2)27(12)30(17-5,20-15-3)26(11)25(10)23(8)16-4/h22-29H,13-21H2,1-12H3. The summed E-state index contributed by atoms with van der Waals surface area (Å²) in [5.41, 5.74) is 0.495. The Morgan fingerprint density at radius 1 is 0.600 bits per heavy atom. The van der Waals surface area contributed by atoms with Crippen molar-refractivity contribution in [1.29, 1.82) is 0 Å². The fourth-order valence-electron chi connectivity index (χ4n) is 6.86. The topological polar surface area (TPSA) is 0 Å². The molecule has 0 fully saturated rings. The molecule has 0 heterocycles. The van der Waals surface area contributed by atoms with E-state index in [1.54, 1.807) is 0 Å². The third-order valence-corrected chi connectivity index (χ3v) is 9.94. The Kier molecular flexibility index (Phi) is 14.9. The van der Waals surface area contributed by atoms with E-state index in [1.165, 1.54) is 57.8 Å². The molecule has 0 N–H and O–H groups in total. The Hall–Kier alpha value is 0. The van der Waals surface area contributed by atoms with Crippen molar-refractivity contribution in [1.82, 2.24) is 0 Å². The molecule has 0 spiro atoms. The average Bonchev–Trinajstić information content (AvgIpc) is 2.73. The fraction of sp³-hybridized carbons (Fsp3) is 1.00. The van der Waals surface area contributed by atoms with E-state index < -0.39 is 0 Å². The predicted octanol–water partition coefficient (Wildman–Crippen LogP) is 10.7. The molecule has 0 aromatic carbocycles. The Labute approximate surface area is 193 Å². The minimum absolute atomic E-state index is 0.495. The zero-order valence-electron chi connectivity index (χ0n) is 23.5. The second kappa shape index (κ2) is 14.9. The van der Waals surface area contributed by atoms with Gasteiger partial charge < -0.3 is 0 Å². The maximum atomic E-state index is 2.67. The van der Waals surface area contributed by atoms with Crippen molar-refractivity contribution in [3.8, 4) is 0 Å². The summed E-state index contributed by atoms with van der Waals surface area (Å²) in [6, 6.07) is 0. The highest BCUT2D eigenvalue weighted by atomic mass is 14.5. The average molecular weight is 423 g/mol. The largest absolute Gasteiger partial charge is 0.0654 e. The molecule has 0 amide bonds. The van der Waals surface area contributed by atoms with Crippen molar-refractivity contribution in [2.45, 2.75) is 141 Å². The van der Waals surface area contributed by atoms with Crippen LogP contribution in [0.1, 0.15) is 141 Å². The second-order valence-electron chi connectivity index (χ2n) is 11.6. The first-order valence-corrected chi connectivity index (χ1v) is 14.1. The van der Waals surface area contributed by atoms with Gasteiger partial charge in [0.2, 0.25) is 0 Å². The minimum atomic E-state index is 0.495. The van der Waals surface area contributed by atoms with Crippen LogP contribution in [0.5, 0.6) is 0 Å². The summed E-state index contributed by atoms with van der Waals surface area (Å²) in [6.45, 7) is 29.9. The molecule has 0 rings (SSSR count). The lowest BCUT2D eigenvalue weighted by Gasteiger charge is -2.51. The molecule has 0 aliphatic heterocycles. The maximum Gasteiger partial charge on any atom is -0.0244 e. The third kappa shape index (κ3) is 7.85. The third-order valence-electron chi connectivity index (χ3n) is 9.94. The van der Waals surface area contributed by atoms with Crippen LogP contribution in [0.2, 0.25) is 0 Å². The summed E-state index contributed by atoms with van der Waals surface area (Å²) in [5, 5.41) is 0. The normalized spacial score (nSPS) is 21.5. The van der Waals surface area contributed by atoms with Gasteiger partial charge in [-0.05, 0) is 72.0 Å². The predicted molar refractivity (Wildman–Crippen MR) is 140 cm³/mol. The highest BCUT2D eigenvalue weighted by Crippen LogP contribution is 2.53. The van der Waals surface area contributed by atoms with Crippen LogP contribution in [0.4, 0.5) is 0 Å². The van der Waals surface area contributed by atoms with E-state index in [9.17, 15) is 0 Å². The highest BCUT2D eigenvalue weighted by Gasteiger charge is 2.44. The summed E-state index contributed by atoms with van der Waals surface area (Å²) in [7, 11) is 0. The number of hydrogen-bond donors (Lipinski definition) is 0. The Morgan fingerprint density at radius 2 is 1.13 bits per heavy atom. The van der Waals surface area contributed by atoms with Gasteiger partial charge in [0.05, 0.1) is 0 Å². The molecule has 30 heavy (non-hydrogen) atoms. The molecule has 0 saturated heterocycles. The van der Waals surface area contributed by atoms with Crippen LogP contribution in [0.15, 0.2) is 0 Å². The zero-order chi connectivity index (χ0) is 23.5. The summed E-state index contributed by atoms with van der Waals surface area (Å²) < 4.78 is 0. The number of hydrogen-bond acceptors (Lipinski definition) is 0. The molecule has 0 saturated carbocycles. The molecule has 0 aromatic heterocycles. The molecule has 8 atom stereocenters. The molecule has 8 unspecified atom stereocenters. The highest BCUT2D eigenvalue weighted by molar-refractivity contribution is 4.94. The molecular formula is C30H62. The first-order chi connectivity index (χ1) is 14.1. The van der Waals surface area contributed by atoms with Gasteiger partial charge in [0, 0.05) is 0 Å². The van der Waals surface area contributed by atoms with Crippen LogP contribution < -0.4 is 0 Å². The quantitative estimate of drug-likeness (QED) is 0.218. The first-order valence-electron chi connectivity index (χ1n) is 14.1. The monoisotopic (exact) mass is 422 g/mol. The van der Waals surface area contributed by atoms with Crippen LogP contribution in [0.3, 0.4) is 0 Å². The van der Waals surface area contributed by atoms with Crippen molar-refractivity contribution < 1.29 is 0 Å². The molecule has 0 aromatic rings. The van der Waals surface area contributed by atoms with E-state index in [2.05, 4.69) is 83.1 Å². The van der Waals surface area contributed by atoms with E-state index in [0.717, 1.165) is 47.3 Å². The van der Waals surface area contributed by atoms with Gasteiger partial charge in [0.15, 0.2) is 0 Å². The zero-order valence-corrected chi connectivity index (χ0v) is 23.5. The van der Waals surface area contributed by atoms with Gasteiger partial charge in [-0.25, -0.2) is 0 Å². The van der Waals surface area contributed by atoms with Crippen LogP contribution in [0, 0.1) is 52.8 Å². The van der Waals surface area contributed by atoms with Crippen LogP contribution in [-0.4, -0.2) is 0 Å². The Bertz CT molecular complexity index is 410. The van der Waals surface area contributed by atoms with Gasteiger partial charge in [0.25, 0.3) is 0 Å². The lowest BCUT2D eigenvalue weighted by molar-refractivity contribution is -0.0158. The molecule has 0 aliphatic carbocycles. The molecular weight excluding hydrogens is 360 g/mol. The van der Waals surface area contributed by atoms with Gasteiger partial charge in [-0.2, -0.15) is 0 Å². The van der Waals surface area contributed by atoms with E-state index in [-0.39, 0.29) is 0 Å². The van der Waals surface area contributed by atoms with Crippen LogP contribution >= 0.6 is 0 Å². The molecule has 0 aliphatic rings. The lowest BCUT2D eigenvalue weighted by atomic mass is 9.54. The molecule has 0 radical (unpaired) electrons. The first kappa shape index (κ1) is 30.0. The smallest absolute Gasteiger partial charge is 0.0244 e. The van der Waals surface area contributed by atoms with Crippen molar-refractivity contribution in [2.24, 2.45) is 52.8 Å². The molecule has 0 heteroatoms. The Balaban J connectivity index is 5.98. The second-order valence-corrected chi connectivity index (χ2v) is 11.6. The van der Waals surface area contributed by atoms with Crippen LogP contribution in [0.25, 0.3) is 0 Å². The Morgan fingerprint density at radius 3 is 1.53 bits per heavy atom. The van der Waals surface area contributed by atoms with E-state index in [4.69, 9.17) is 0 Å². The number of rotatable bonds is 17. The maximum absolute atomic E-state index is 2.67. The van der Waals surface area contributed by atoms with Crippen molar-refractivity contribution in [2.75, 3.05) is 0 Å². The van der Waals surface area contributed by atoms with Gasteiger partial charge in [0.1, 0.15) is 0 Å². The molecule has 182 valence electrons. The van der Waals surface area contributed by atoms with E-state index in [0.29, 0.717) is 5.41 Å². The molecule has 0 nitrogen and oxygen atoms in total. The fourth-order valence-corrected chi connectivity index (χ4v) is 6.86. The summed E-state index contributed by atoms with van der Waals surface area (Å²) >= 11 is 0. The van der Waals surface area contributed by atoms with Gasteiger partial charge in [-0.3, -0.25) is 0 Å². The van der Waals surface area contributed by atoms with E-state index in [1.807, 2.05) is 0 Å². The minimum Gasteiger partial charge on any atom is -0.0654 e. The SMILES string of the molecule is CCCC(CC(CCC)C(C)C(CC)(CCC)C(C)C(C)C(C)CC)C(C)C(C)C. The van der Waals surface area contributed by atoms with Crippen molar-refractivity contribution in [3.05, 3.63) is 0 Å². The van der Waals surface area contributed by atoms with Crippen molar-refractivity contribution >= 4 is 0 Å².